The molecule has 0 spiro atoms. The number of benzene rings is 1. The van der Waals surface area contributed by atoms with E-state index in [-0.39, 0.29) is 11.6 Å². The molecule has 5 rings (SSSR count). The summed E-state index contributed by atoms with van der Waals surface area (Å²) < 4.78 is 21.2. The second-order valence-corrected chi connectivity index (χ2v) is 8.66. The molecule has 29 heavy (non-hydrogen) atoms. The van der Waals surface area contributed by atoms with E-state index in [1.165, 1.54) is 18.9 Å². The molecule has 3 fully saturated rings. The molecule has 3 atom stereocenters. The number of halogens is 1. The largest absolute Gasteiger partial charge is 0.492 e. The monoisotopic (exact) mass is 401 g/mol. The molecule has 2 saturated heterocycles. The number of piperidine rings is 2. The van der Waals surface area contributed by atoms with Crippen LogP contribution in [0.25, 0.3) is 0 Å². The van der Waals surface area contributed by atoms with Crippen molar-refractivity contribution in [2.75, 3.05) is 36.5 Å². The summed E-state index contributed by atoms with van der Waals surface area (Å²) in [7, 11) is 1.56. The molecule has 0 bridgehead atoms. The molecule has 3 heterocycles. The standard InChI is InChI=1S/C22H28FN3O3/c1-29-22-19-16(21(28)14(12-27)10-26(19)15-4-5-15)9-17(23)20(22)25-8-6-13-3-2-7-24-18(13)11-25/h9-10,12-13,15,18,21,24,28H,2-8,11H2,1H3. The van der Waals surface area contributed by atoms with E-state index >= 15 is 4.39 Å². The molecule has 2 N–H and O–H groups in total. The molecule has 3 unspecified atom stereocenters. The van der Waals surface area contributed by atoms with Crippen molar-refractivity contribution in [2.45, 2.75) is 50.3 Å². The number of fused-ring (bicyclic) bond motifs is 2. The lowest BCUT2D eigenvalue weighted by Crippen LogP contribution is -2.53. The number of hydrogen-bond acceptors (Lipinski definition) is 6. The van der Waals surface area contributed by atoms with Gasteiger partial charge in [0.1, 0.15) is 18.1 Å². The summed E-state index contributed by atoms with van der Waals surface area (Å²) >= 11 is 0. The van der Waals surface area contributed by atoms with Gasteiger partial charge in [-0.1, -0.05) is 0 Å². The van der Waals surface area contributed by atoms with E-state index in [0.717, 1.165) is 38.9 Å². The zero-order valence-electron chi connectivity index (χ0n) is 16.7. The molecular formula is C22H28FN3O3. The summed E-state index contributed by atoms with van der Waals surface area (Å²) in [6, 6.07) is 2.02. The maximum Gasteiger partial charge on any atom is 0.169 e. The van der Waals surface area contributed by atoms with E-state index in [1.54, 1.807) is 13.3 Å². The van der Waals surface area contributed by atoms with Crippen molar-refractivity contribution < 1.29 is 19.0 Å². The van der Waals surface area contributed by atoms with Crippen molar-refractivity contribution in [1.82, 2.24) is 5.32 Å². The van der Waals surface area contributed by atoms with Crippen LogP contribution in [0.1, 0.15) is 43.8 Å². The molecule has 3 aliphatic heterocycles. The quantitative estimate of drug-likeness (QED) is 0.756. The number of aliphatic hydroxyl groups is 1. The molecule has 6 nitrogen and oxygen atoms in total. The summed E-state index contributed by atoms with van der Waals surface area (Å²) in [5, 5.41) is 14.3. The van der Waals surface area contributed by atoms with E-state index < -0.39 is 11.9 Å². The molecule has 7 heteroatoms. The zero-order valence-corrected chi connectivity index (χ0v) is 16.7. The van der Waals surface area contributed by atoms with E-state index in [9.17, 15) is 9.90 Å². The number of aldehydes is 1. The summed E-state index contributed by atoms with van der Waals surface area (Å²) in [5.41, 5.74) is 1.83. The number of hydrogen-bond donors (Lipinski definition) is 2. The number of carbonyl (C=O) groups is 1. The van der Waals surface area contributed by atoms with Crippen LogP contribution >= 0.6 is 0 Å². The molecule has 1 saturated carbocycles. The lowest BCUT2D eigenvalue weighted by molar-refractivity contribution is -0.105. The molecule has 0 amide bonds. The van der Waals surface area contributed by atoms with Crippen molar-refractivity contribution in [2.24, 2.45) is 5.92 Å². The highest BCUT2D eigenvalue weighted by Crippen LogP contribution is 2.51. The van der Waals surface area contributed by atoms with Crippen LogP contribution in [0.5, 0.6) is 5.75 Å². The minimum absolute atomic E-state index is 0.255. The van der Waals surface area contributed by atoms with Crippen LogP contribution in [0.15, 0.2) is 17.8 Å². The second-order valence-electron chi connectivity index (χ2n) is 8.66. The predicted molar refractivity (Wildman–Crippen MR) is 109 cm³/mol. The van der Waals surface area contributed by atoms with Crippen LogP contribution in [-0.2, 0) is 4.79 Å². The van der Waals surface area contributed by atoms with Gasteiger partial charge in [-0.25, -0.2) is 4.39 Å². The third-order valence-corrected chi connectivity index (χ3v) is 6.88. The maximum atomic E-state index is 15.4. The molecule has 1 aliphatic carbocycles. The molecule has 0 aromatic heterocycles. The summed E-state index contributed by atoms with van der Waals surface area (Å²) in [6.07, 6.45) is 6.70. The SMILES string of the molecule is COc1c(N2CCC3CCCNC3C2)c(F)cc2c1N(C1CC1)C=C(C=O)C2O. The lowest BCUT2D eigenvalue weighted by atomic mass is 9.84. The molecule has 0 radical (unpaired) electrons. The number of nitrogens with one attached hydrogen (secondary N) is 1. The Balaban J connectivity index is 1.58. The first-order chi connectivity index (χ1) is 14.1. The van der Waals surface area contributed by atoms with E-state index in [2.05, 4.69) is 10.2 Å². The average Bonchev–Trinajstić information content (AvgIpc) is 3.58. The highest BCUT2D eigenvalue weighted by Gasteiger charge is 2.40. The topological polar surface area (TPSA) is 65.0 Å². The van der Waals surface area contributed by atoms with Crippen LogP contribution in [0.2, 0.25) is 0 Å². The Morgan fingerprint density at radius 1 is 1.28 bits per heavy atom. The van der Waals surface area contributed by atoms with Gasteiger partial charge >= 0.3 is 0 Å². The van der Waals surface area contributed by atoms with Gasteiger partial charge in [-0.2, -0.15) is 0 Å². The van der Waals surface area contributed by atoms with Crippen molar-refractivity contribution >= 4 is 17.7 Å². The third-order valence-electron chi connectivity index (χ3n) is 6.88. The lowest BCUT2D eigenvalue weighted by Gasteiger charge is -2.44. The Morgan fingerprint density at radius 2 is 2.10 bits per heavy atom. The van der Waals surface area contributed by atoms with E-state index in [1.807, 2.05) is 4.90 Å². The second kappa shape index (κ2) is 7.29. The molecule has 4 aliphatic rings. The van der Waals surface area contributed by atoms with Gasteiger partial charge in [0, 0.05) is 42.5 Å². The van der Waals surface area contributed by atoms with Gasteiger partial charge in [-0.3, -0.25) is 4.79 Å². The van der Waals surface area contributed by atoms with Gasteiger partial charge in [0.05, 0.1) is 12.8 Å². The smallest absolute Gasteiger partial charge is 0.169 e. The first-order valence-electron chi connectivity index (χ1n) is 10.6. The number of ether oxygens (including phenoxy) is 1. The van der Waals surface area contributed by atoms with E-state index in [0.29, 0.717) is 40.9 Å². The molecule has 156 valence electrons. The Kier molecular flexibility index (Phi) is 4.75. The van der Waals surface area contributed by atoms with Crippen LogP contribution in [0, 0.1) is 11.7 Å². The Hall–Kier alpha value is -2.12. The highest BCUT2D eigenvalue weighted by molar-refractivity contribution is 5.86. The van der Waals surface area contributed by atoms with Crippen LogP contribution < -0.4 is 19.9 Å². The van der Waals surface area contributed by atoms with Gasteiger partial charge in [-0.05, 0) is 50.6 Å². The maximum absolute atomic E-state index is 15.4. The van der Waals surface area contributed by atoms with E-state index in [4.69, 9.17) is 4.74 Å². The molecule has 1 aromatic rings. The van der Waals surface area contributed by atoms with Crippen molar-refractivity contribution in [3.8, 4) is 5.75 Å². The number of carbonyl (C=O) groups excluding carboxylic acids is 1. The Bertz CT molecular complexity index is 854. The number of rotatable bonds is 4. The predicted octanol–water partition coefficient (Wildman–Crippen LogP) is 2.51. The number of nitrogens with zero attached hydrogens (tertiary/aromatic N) is 2. The van der Waals surface area contributed by atoms with Gasteiger partial charge in [0.15, 0.2) is 11.6 Å². The number of aliphatic hydroxyl groups excluding tert-OH is 1. The van der Waals surface area contributed by atoms with Crippen molar-refractivity contribution in [1.29, 1.82) is 0 Å². The Labute approximate surface area is 170 Å². The van der Waals surface area contributed by atoms with Crippen molar-refractivity contribution in [3.05, 3.63) is 29.2 Å². The molecule has 1 aromatic carbocycles. The average molecular weight is 401 g/mol. The van der Waals surface area contributed by atoms with Gasteiger partial charge in [0.2, 0.25) is 0 Å². The first kappa shape index (κ1) is 18.9. The first-order valence-corrected chi connectivity index (χ1v) is 10.6. The third kappa shape index (κ3) is 3.11. The summed E-state index contributed by atoms with van der Waals surface area (Å²) in [6.45, 7) is 2.55. The molecular weight excluding hydrogens is 373 g/mol. The fourth-order valence-electron chi connectivity index (χ4n) is 5.23. The fourth-order valence-corrected chi connectivity index (χ4v) is 5.23. The van der Waals surface area contributed by atoms with Crippen LogP contribution in [0.3, 0.4) is 0 Å². The zero-order chi connectivity index (χ0) is 20.1. The van der Waals surface area contributed by atoms with Gasteiger partial charge < -0.3 is 25.0 Å². The number of anilines is 2. The summed E-state index contributed by atoms with van der Waals surface area (Å²) in [5.74, 6) is 0.702. The van der Waals surface area contributed by atoms with Crippen LogP contribution in [-0.4, -0.2) is 50.2 Å². The minimum atomic E-state index is -1.14. The van der Waals surface area contributed by atoms with Crippen LogP contribution in [0.4, 0.5) is 15.8 Å². The summed E-state index contributed by atoms with van der Waals surface area (Å²) in [4.78, 5) is 15.5. The highest BCUT2D eigenvalue weighted by atomic mass is 19.1. The van der Waals surface area contributed by atoms with Gasteiger partial charge in [-0.15, -0.1) is 0 Å². The minimum Gasteiger partial charge on any atom is -0.492 e. The fraction of sp³-hybridized carbons (Fsp3) is 0.591. The van der Waals surface area contributed by atoms with Crippen molar-refractivity contribution in [3.63, 3.8) is 0 Å². The normalized spacial score (nSPS) is 29.1. The van der Waals surface area contributed by atoms with Gasteiger partial charge in [0.25, 0.3) is 0 Å². The number of methoxy groups -OCH3 is 1. The Morgan fingerprint density at radius 3 is 2.83 bits per heavy atom.